The molecule has 2 N–H and O–H groups in total. The Hall–Kier alpha value is -1.49. The fraction of sp³-hybridized carbons (Fsp3) is 0.636. The van der Waals surface area contributed by atoms with Gasteiger partial charge in [0.15, 0.2) is 0 Å². The minimum absolute atomic E-state index is 0.0228. The minimum Gasteiger partial charge on any atom is -0.346 e. The maximum Gasteiger partial charge on any atom is 0.226 e. The number of hydrogen-bond acceptors (Lipinski definition) is 3. The zero-order valence-corrected chi connectivity index (χ0v) is 16.9. The lowest BCUT2D eigenvalue weighted by Gasteiger charge is -2.55. The molecule has 0 saturated heterocycles. The molecule has 6 rings (SSSR count). The molecule has 4 aliphatic rings. The average Bonchev–Trinajstić information content (AvgIpc) is 3.08. The Morgan fingerprint density at radius 2 is 1.89 bits per heavy atom. The van der Waals surface area contributed by atoms with E-state index in [1.807, 2.05) is 30.0 Å². The van der Waals surface area contributed by atoms with Crippen LogP contribution in [0, 0.1) is 23.2 Å². The van der Waals surface area contributed by atoms with Crippen molar-refractivity contribution in [3.63, 3.8) is 0 Å². The van der Waals surface area contributed by atoms with Crippen molar-refractivity contribution in [3.05, 3.63) is 30.1 Å². The predicted octanol–water partition coefficient (Wildman–Crippen LogP) is 4.69. The van der Waals surface area contributed by atoms with Crippen molar-refractivity contribution in [2.24, 2.45) is 23.2 Å². The molecule has 0 aliphatic heterocycles. The van der Waals surface area contributed by atoms with Crippen molar-refractivity contribution < 1.29 is 4.79 Å². The summed E-state index contributed by atoms with van der Waals surface area (Å²) >= 11 is 1.83. The van der Waals surface area contributed by atoms with Gasteiger partial charge in [-0.3, -0.25) is 4.79 Å². The molecule has 4 saturated carbocycles. The van der Waals surface area contributed by atoms with E-state index in [1.54, 1.807) is 0 Å². The number of aromatic nitrogens is 2. The van der Waals surface area contributed by atoms with Crippen LogP contribution in [0.4, 0.5) is 0 Å². The summed E-state index contributed by atoms with van der Waals surface area (Å²) in [6.45, 7) is 0. The summed E-state index contributed by atoms with van der Waals surface area (Å²) in [6, 6.07) is 8.10. The number of nitrogens with zero attached hydrogens (tertiary/aromatic N) is 1. The Morgan fingerprint density at radius 3 is 2.52 bits per heavy atom. The van der Waals surface area contributed by atoms with E-state index < -0.39 is 0 Å². The number of rotatable bonds is 6. The normalized spacial score (nSPS) is 32.7. The molecule has 1 aromatic carbocycles. The van der Waals surface area contributed by atoms with Crippen LogP contribution in [0.5, 0.6) is 0 Å². The van der Waals surface area contributed by atoms with Crippen LogP contribution in [0.25, 0.3) is 11.0 Å². The number of amides is 1. The maximum absolute atomic E-state index is 13.5. The molecule has 0 unspecified atom stereocenters. The van der Waals surface area contributed by atoms with Gasteiger partial charge in [-0.05, 0) is 86.8 Å². The maximum atomic E-state index is 13.5. The fourth-order valence-electron chi connectivity index (χ4n) is 6.35. The van der Waals surface area contributed by atoms with Crippen LogP contribution in [0.3, 0.4) is 0 Å². The van der Waals surface area contributed by atoms with Crippen molar-refractivity contribution in [3.8, 4) is 0 Å². The molecular formula is C22H29N3OS. The van der Waals surface area contributed by atoms with Crippen molar-refractivity contribution in [2.45, 2.75) is 51.0 Å². The topological polar surface area (TPSA) is 57.8 Å². The first-order valence-corrected chi connectivity index (χ1v) is 11.8. The number of fused-ring (bicyclic) bond motifs is 1. The molecule has 5 heteroatoms. The molecule has 0 spiro atoms. The van der Waals surface area contributed by atoms with Gasteiger partial charge in [-0.15, -0.1) is 0 Å². The lowest BCUT2D eigenvalue weighted by molar-refractivity contribution is -0.147. The summed E-state index contributed by atoms with van der Waals surface area (Å²) in [5.74, 6) is 4.59. The van der Waals surface area contributed by atoms with Crippen LogP contribution in [-0.2, 0) is 4.79 Å². The van der Waals surface area contributed by atoms with E-state index in [2.05, 4.69) is 22.6 Å². The third-order valence-electron chi connectivity index (χ3n) is 7.17. The van der Waals surface area contributed by atoms with Gasteiger partial charge in [0.25, 0.3) is 0 Å². The zero-order valence-electron chi connectivity index (χ0n) is 16.0. The first-order chi connectivity index (χ1) is 13.1. The van der Waals surface area contributed by atoms with E-state index >= 15 is 0 Å². The van der Waals surface area contributed by atoms with Gasteiger partial charge in [0.1, 0.15) is 5.82 Å². The van der Waals surface area contributed by atoms with Gasteiger partial charge in [0.2, 0.25) is 5.91 Å². The molecule has 1 heterocycles. The number of hydrogen-bond donors (Lipinski definition) is 2. The quantitative estimate of drug-likeness (QED) is 0.761. The van der Waals surface area contributed by atoms with E-state index in [4.69, 9.17) is 4.98 Å². The SMILES string of the molecule is CSCC[C@H](NC(=O)C12CC3CC(CC(C3)C1)C2)c1nc2ccccc2[nH]1. The molecule has 1 atom stereocenters. The number of imidazole rings is 1. The molecular weight excluding hydrogens is 354 g/mol. The van der Waals surface area contributed by atoms with E-state index in [0.29, 0.717) is 5.91 Å². The highest BCUT2D eigenvalue weighted by Gasteiger charge is 2.54. The number of benzene rings is 1. The summed E-state index contributed by atoms with van der Waals surface area (Å²) in [6.07, 6.45) is 10.5. The van der Waals surface area contributed by atoms with Crippen LogP contribution >= 0.6 is 11.8 Å². The summed E-state index contributed by atoms with van der Waals surface area (Å²) in [5.41, 5.74) is 1.93. The van der Waals surface area contributed by atoms with Crippen LogP contribution in [0.15, 0.2) is 24.3 Å². The van der Waals surface area contributed by atoms with Gasteiger partial charge in [0, 0.05) is 5.41 Å². The van der Waals surface area contributed by atoms with E-state index in [-0.39, 0.29) is 11.5 Å². The van der Waals surface area contributed by atoms with Crippen molar-refractivity contribution in [2.75, 3.05) is 12.0 Å². The van der Waals surface area contributed by atoms with Gasteiger partial charge in [-0.1, -0.05) is 12.1 Å². The third kappa shape index (κ3) is 3.18. The van der Waals surface area contributed by atoms with Crippen LogP contribution in [0.2, 0.25) is 0 Å². The summed E-state index contributed by atoms with van der Waals surface area (Å²) in [4.78, 5) is 21.7. The molecule has 1 aromatic heterocycles. The Morgan fingerprint density at radius 1 is 1.22 bits per heavy atom. The summed E-state index contributed by atoms with van der Waals surface area (Å²) in [7, 11) is 0. The molecule has 4 nitrogen and oxygen atoms in total. The van der Waals surface area contributed by atoms with E-state index in [0.717, 1.165) is 66.0 Å². The van der Waals surface area contributed by atoms with Gasteiger partial charge in [0.05, 0.1) is 17.1 Å². The highest BCUT2D eigenvalue weighted by atomic mass is 32.2. The molecule has 4 fully saturated rings. The number of para-hydroxylation sites is 2. The molecule has 4 aliphatic carbocycles. The number of carbonyl (C=O) groups excluding carboxylic acids is 1. The summed E-state index contributed by atoms with van der Waals surface area (Å²) < 4.78 is 0. The van der Waals surface area contributed by atoms with Crippen LogP contribution < -0.4 is 5.32 Å². The third-order valence-corrected chi connectivity index (χ3v) is 7.82. The molecule has 144 valence electrons. The number of H-pyrrole nitrogens is 1. The zero-order chi connectivity index (χ0) is 18.4. The first kappa shape index (κ1) is 17.6. The minimum atomic E-state index is -0.0988. The Kier molecular flexibility index (Phi) is 4.46. The molecule has 27 heavy (non-hydrogen) atoms. The smallest absolute Gasteiger partial charge is 0.226 e. The second-order valence-corrected chi connectivity index (χ2v) is 10.1. The monoisotopic (exact) mass is 383 g/mol. The summed E-state index contributed by atoms with van der Waals surface area (Å²) in [5, 5.41) is 3.44. The van der Waals surface area contributed by atoms with E-state index in [9.17, 15) is 4.79 Å². The number of thioether (sulfide) groups is 1. The highest BCUT2D eigenvalue weighted by molar-refractivity contribution is 7.98. The Bertz CT molecular complexity index is 777. The number of nitrogens with one attached hydrogen (secondary N) is 2. The molecule has 4 bridgehead atoms. The Balaban J connectivity index is 1.39. The largest absolute Gasteiger partial charge is 0.346 e. The Labute approximate surface area is 165 Å². The second-order valence-electron chi connectivity index (χ2n) is 9.14. The predicted molar refractivity (Wildman–Crippen MR) is 111 cm³/mol. The van der Waals surface area contributed by atoms with Gasteiger partial charge in [-0.2, -0.15) is 11.8 Å². The lowest BCUT2D eigenvalue weighted by atomic mass is 9.49. The van der Waals surface area contributed by atoms with Crippen LogP contribution in [-0.4, -0.2) is 27.9 Å². The first-order valence-electron chi connectivity index (χ1n) is 10.4. The average molecular weight is 384 g/mol. The number of carbonyl (C=O) groups is 1. The lowest BCUT2D eigenvalue weighted by Crippen LogP contribution is -2.54. The molecule has 1 amide bonds. The molecule has 2 aromatic rings. The molecule has 0 radical (unpaired) electrons. The van der Waals surface area contributed by atoms with Crippen molar-refractivity contribution in [1.82, 2.24) is 15.3 Å². The second kappa shape index (κ2) is 6.84. The van der Waals surface area contributed by atoms with Crippen molar-refractivity contribution >= 4 is 28.7 Å². The van der Waals surface area contributed by atoms with Gasteiger partial charge >= 0.3 is 0 Å². The van der Waals surface area contributed by atoms with Gasteiger partial charge in [-0.25, -0.2) is 4.98 Å². The standard InChI is InChI=1S/C22H29N3OS/c1-27-7-6-19(20-23-17-4-2-3-5-18(17)24-20)25-21(26)22-11-14-8-15(12-22)10-16(9-14)13-22/h2-5,14-16,19H,6-13H2,1H3,(H,23,24)(H,25,26)/t14?,15?,16?,19-,22?/m0/s1. The van der Waals surface area contributed by atoms with Crippen molar-refractivity contribution in [1.29, 1.82) is 0 Å². The van der Waals surface area contributed by atoms with Crippen LogP contribution in [0.1, 0.15) is 56.8 Å². The van der Waals surface area contributed by atoms with Gasteiger partial charge < -0.3 is 10.3 Å². The fourth-order valence-corrected chi connectivity index (χ4v) is 6.82. The number of aromatic amines is 1. The highest BCUT2D eigenvalue weighted by Crippen LogP contribution is 2.60. The van der Waals surface area contributed by atoms with E-state index in [1.165, 1.54) is 19.3 Å².